The van der Waals surface area contributed by atoms with Crippen molar-refractivity contribution in [3.63, 3.8) is 0 Å². The second kappa shape index (κ2) is 6.63. The first kappa shape index (κ1) is 15.4. The van der Waals surface area contributed by atoms with Gasteiger partial charge in [0.05, 0.1) is 0 Å². The van der Waals surface area contributed by atoms with Gasteiger partial charge in [0.15, 0.2) is 5.16 Å². The molecule has 0 spiro atoms. The fourth-order valence-electron chi connectivity index (χ4n) is 2.50. The summed E-state index contributed by atoms with van der Waals surface area (Å²) in [5.41, 5.74) is 0.294. The van der Waals surface area contributed by atoms with Gasteiger partial charge in [0.1, 0.15) is 11.6 Å². The lowest BCUT2D eigenvalue weighted by molar-refractivity contribution is 0.0738. The Labute approximate surface area is 125 Å². The first-order valence-electron chi connectivity index (χ1n) is 7.18. The molecule has 5 nitrogen and oxygen atoms in total. The van der Waals surface area contributed by atoms with E-state index in [2.05, 4.69) is 46.5 Å². The van der Waals surface area contributed by atoms with E-state index in [1.165, 1.54) is 19.3 Å². The minimum atomic E-state index is 0.294. The summed E-state index contributed by atoms with van der Waals surface area (Å²) in [6.07, 6.45) is 5.84. The molecule has 1 aromatic heterocycles. The maximum Gasteiger partial charge on any atom is 0.191 e. The number of aromatic nitrogens is 2. The summed E-state index contributed by atoms with van der Waals surface area (Å²) in [7, 11) is 4.33. The Morgan fingerprint density at radius 2 is 1.90 bits per heavy atom. The zero-order valence-corrected chi connectivity index (χ0v) is 13.7. The molecule has 6 heteroatoms. The molecule has 0 aliphatic heterocycles. The molecular formula is C14H25N5S. The molecule has 0 unspecified atom stereocenters. The van der Waals surface area contributed by atoms with E-state index in [0.29, 0.717) is 5.54 Å². The van der Waals surface area contributed by atoms with Crippen molar-refractivity contribution in [2.45, 2.75) is 36.9 Å². The topological polar surface area (TPSA) is 53.1 Å². The molecule has 0 atom stereocenters. The molecule has 2 rings (SSSR count). The van der Waals surface area contributed by atoms with Gasteiger partial charge in [-0.25, -0.2) is 9.97 Å². The van der Waals surface area contributed by atoms with Crippen molar-refractivity contribution < 1.29 is 0 Å². The fraction of sp³-hybridized carbons (Fsp3) is 0.714. The molecule has 0 radical (unpaired) electrons. The van der Waals surface area contributed by atoms with Gasteiger partial charge in [0.25, 0.3) is 0 Å². The first-order chi connectivity index (χ1) is 9.59. The molecule has 1 aliphatic rings. The molecule has 0 amide bonds. The van der Waals surface area contributed by atoms with Crippen LogP contribution in [0.3, 0.4) is 0 Å². The van der Waals surface area contributed by atoms with Gasteiger partial charge in [0, 0.05) is 24.7 Å². The van der Waals surface area contributed by atoms with E-state index in [9.17, 15) is 0 Å². The molecule has 20 heavy (non-hydrogen) atoms. The van der Waals surface area contributed by atoms with Crippen LogP contribution in [0.1, 0.15) is 26.2 Å². The lowest BCUT2D eigenvalue weighted by Crippen LogP contribution is -2.54. The normalized spacial score (nSPS) is 16.9. The number of likely N-dealkylation sites (N-methyl/N-ethyl adjacent to an activating group) is 1. The van der Waals surface area contributed by atoms with Gasteiger partial charge in [-0.15, -0.1) is 0 Å². The highest BCUT2D eigenvalue weighted by Gasteiger charge is 2.38. The standard InChI is InChI=1S/C14H25N5S/c1-5-15-11-9-12(18-13(17-11)20-4)16-10-14(19(2)3)7-6-8-14/h9H,5-8,10H2,1-4H3,(H2,15,16,17,18). The molecular weight excluding hydrogens is 270 g/mol. The Bertz CT molecular complexity index is 445. The zero-order valence-electron chi connectivity index (χ0n) is 12.9. The largest absolute Gasteiger partial charge is 0.370 e. The van der Waals surface area contributed by atoms with Crippen molar-refractivity contribution in [3.8, 4) is 0 Å². The molecule has 1 aliphatic carbocycles. The van der Waals surface area contributed by atoms with Gasteiger partial charge < -0.3 is 15.5 Å². The highest BCUT2D eigenvalue weighted by atomic mass is 32.2. The minimum Gasteiger partial charge on any atom is -0.370 e. The highest BCUT2D eigenvalue weighted by Crippen LogP contribution is 2.36. The van der Waals surface area contributed by atoms with Crippen molar-refractivity contribution in [2.24, 2.45) is 0 Å². The number of hydrogen-bond donors (Lipinski definition) is 2. The zero-order chi connectivity index (χ0) is 14.6. The van der Waals surface area contributed by atoms with Gasteiger partial charge in [-0.05, 0) is 46.5 Å². The second-order valence-corrected chi connectivity index (χ2v) is 6.25. The molecule has 112 valence electrons. The van der Waals surface area contributed by atoms with E-state index >= 15 is 0 Å². The summed E-state index contributed by atoms with van der Waals surface area (Å²) >= 11 is 1.57. The summed E-state index contributed by atoms with van der Waals surface area (Å²) in [5.74, 6) is 1.80. The monoisotopic (exact) mass is 295 g/mol. The van der Waals surface area contributed by atoms with Crippen LogP contribution in [0.15, 0.2) is 11.2 Å². The first-order valence-corrected chi connectivity index (χ1v) is 8.40. The Kier molecular flexibility index (Phi) is 5.10. The molecule has 1 fully saturated rings. The van der Waals surface area contributed by atoms with E-state index in [4.69, 9.17) is 0 Å². The summed E-state index contributed by atoms with van der Waals surface area (Å²) in [6, 6.07) is 1.99. The van der Waals surface area contributed by atoms with Gasteiger partial charge in [-0.1, -0.05) is 11.8 Å². The summed E-state index contributed by atoms with van der Waals surface area (Å²) < 4.78 is 0. The van der Waals surface area contributed by atoms with E-state index in [1.807, 2.05) is 12.3 Å². The Hall–Kier alpha value is -1.01. The maximum absolute atomic E-state index is 4.54. The highest BCUT2D eigenvalue weighted by molar-refractivity contribution is 7.98. The molecule has 1 aromatic rings. The predicted molar refractivity (Wildman–Crippen MR) is 86.7 cm³/mol. The Balaban J connectivity index is 2.06. The second-order valence-electron chi connectivity index (χ2n) is 5.48. The lowest BCUT2D eigenvalue weighted by atomic mass is 9.75. The van der Waals surface area contributed by atoms with Crippen LogP contribution in [0.5, 0.6) is 0 Å². The van der Waals surface area contributed by atoms with Crippen molar-refractivity contribution in [2.75, 3.05) is 44.1 Å². The number of nitrogens with one attached hydrogen (secondary N) is 2. The number of anilines is 2. The van der Waals surface area contributed by atoms with E-state index < -0.39 is 0 Å². The van der Waals surface area contributed by atoms with Crippen LogP contribution in [0.25, 0.3) is 0 Å². The van der Waals surface area contributed by atoms with Crippen LogP contribution >= 0.6 is 11.8 Å². The molecule has 0 bridgehead atoms. The minimum absolute atomic E-state index is 0.294. The third-order valence-electron chi connectivity index (χ3n) is 4.08. The number of hydrogen-bond acceptors (Lipinski definition) is 6. The van der Waals surface area contributed by atoms with Crippen LogP contribution in [0.2, 0.25) is 0 Å². The van der Waals surface area contributed by atoms with Crippen molar-refractivity contribution in [3.05, 3.63) is 6.07 Å². The third kappa shape index (κ3) is 3.35. The van der Waals surface area contributed by atoms with Crippen LogP contribution < -0.4 is 10.6 Å². The fourth-order valence-corrected chi connectivity index (χ4v) is 2.88. The molecule has 1 saturated carbocycles. The Morgan fingerprint density at radius 1 is 1.25 bits per heavy atom. The van der Waals surface area contributed by atoms with Crippen LogP contribution in [-0.4, -0.2) is 53.8 Å². The van der Waals surface area contributed by atoms with E-state index in [0.717, 1.165) is 29.9 Å². The third-order valence-corrected chi connectivity index (χ3v) is 4.63. The Morgan fingerprint density at radius 3 is 2.35 bits per heavy atom. The van der Waals surface area contributed by atoms with Gasteiger partial charge in [0.2, 0.25) is 0 Å². The summed E-state index contributed by atoms with van der Waals surface area (Å²) in [5, 5.41) is 7.56. The van der Waals surface area contributed by atoms with Crippen molar-refractivity contribution >= 4 is 23.4 Å². The van der Waals surface area contributed by atoms with Crippen LogP contribution in [0.4, 0.5) is 11.6 Å². The summed E-state index contributed by atoms with van der Waals surface area (Å²) in [6.45, 7) is 3.88. The van der Waals surface area contributed by atoms with Crippen LogP contribution in [0, 0.1) is 0 Å². The van der Waals surface area contributed by atoms with Gasteiger partial charge in [-0.3, -0.25) is 0 Å². The average molecular weight is 295 g/mol. The smallest absolute Gasteiger partial charge is 0.191 e. The van der Waals surface area contributed by atoms with Gasteiger partial charge >= 0.3 is 0 Å². The number of rotatable bonds is 7. The average Bonchev–Trinajstić information content (AvgIpc) is 2.37. The van der Waals surface area contributed by atoms with Crippen LogP contribution in [-0.2, 0) is 0 Å². The van der Waals surface area contributed by atoms with Crippen molar-refractivity contribution in [1.82, 2.24) is 14.9 Å². The molecule has 2 N–H and O–H groups in total. The molecule has 0 aromatic carbocycles. The van der Waals surface area contributed by atoms with Gasteiger partial charge in [-0.2, -0.15) is 0 Å². The number of nitrogens with zero attached hydrogens (tertiary/aromatic N) is 3. The van der Waals surface area contributed by atoms with E-state index in [1.54, 1.807) is 11.8 Å². The predicted octanol–water partition coefficient (Wildman–Crippen LogP) is 2.53. The van der Waals surface area contributed by atoms with E-state index in [-0.39, 0.29) is 0 Å². The molecule has 0 saturated heterocycles. The quantitative estimate of drug-likeness (QED) is 0.595. The SMILES string of the molecule is CCNc1cc(NCC2(N(C)C)CCC2)nc(SC)n1. The lowest BCUT2D eigenvalue weighted by Gasteiger charge is -2.47. The maximum atomic E-state index is 4.54. The molecule has 1 heterocycles. The summed E-state index contributed by atoms with van der Waals surface area (Å²) in [4.78, 5) is 11.3. The number of thioether (sulfide) groups is 1. The van der Waals surface area contributed by atoms with Crippen molar-refractivity contribution in [1.29, 1.82) is 0 Å².